The number of carbonyl (C=O) groups excluding carboxylic acids is 1. The van der Waals surface area contributed by atoms with Gasteiger partial charge in [0, 0.05) is 11.1 Å². The number of ether oxygens (including phenoxy) is 2. The van der Waals surface area contributed by atoms with Crippen LogP contribution in [0.1, 0.15) is 68.6 Å². The molecule has 4 N–H and O–H groups in total. The summed E-state index contributed by atoms with van der Waals surface area (Å²) in [5.41, 5.74) is 6.60. The normalized spacial score (nSPS) is 11.0. The number of nitrogens with one attached hydrogen (secondary N) is 2. The molecule has 0 heterocycles. The van der Waals surface area contributed by atoms with Crippen molar-refractivity contribution in [2.24, 2.45) is 5.73 Å². The van der Waals surface area contributed by atoms with Gasteiger partial charge in [0.15, 0.2) is 0 Å². The third kappa shape index (κ3) is 9.82. The lowest BCUT2D eigenvalue weighted by atomic mass is 10.0. The number of carbonyl (C=O) groups is 1. The molecule has 3 rings (SSSR count). The van der Waals surface area contributed by atoms with E-state index in [-0.39, 0.29) is 5.91 Å². The largest absolute Gasteiger partial charge is 0.493 e. The number of nitrogens with two attached hydrogens (primary N) is 1. The van der Waals surface area contributed by atoms with Crippen molar-refractivity contribution in [1.29, 1.82) is 0 Å². The minimum Gasteiger partial charge on any atom is -0.493 e. The van der Waals surface area contributed by atoms with Crippen molar-refractivity contribution >= 4 is 34.0 Å². The van der Waals surface area contributed by atoms with E-state index in [9.17, 15) is 4.79 Å². The Balaban J connectivity index is 1.67. The topological polar surface area (TPSA) is 85.6 Å². The standard InChI is InChI=1S/C31H42ClN3O3/c1-2-3-4-5-6-9-19-37-29-22-25-13-8-7-12-24(25)21-27(29)31(36)35-28-15-14-26(32)23-30(28)38-20-11-18-34-17-10-16-33/h7-8,12-15,21-23,34H,2-6,9-11,16-20,33H2,1H3,(H,35,36). The maximum Gasteiger partial charge on any atom is 0.259 e. The Hall–Kier alpha value is -2.80. The SMILES string of the molecule is CCCCCCCCOc1cc2ccccc2cc1C(=O)Nc1ccc(Cl)cc1OCCCNCCCN. The predicted molar refractivity (Wildman–Crippen MR) is 159 cm³/mol. The number of hydrogen-bond acceptors (Lipinski definition) is 5. The summed E-state index contributed by atoms with van der Waals surface area (Å²) in [6, 6.07) is 17.1. The van der Waals surface area contributed by atoms with Gasteiger partial charge in [0.2, 0.25) is 0 Å². The number of anilines is 1. The van der Waals surface area contributed by atoms with Crippen LogP contribution in [-0.4, -0.2) is 38.8 Å². The highest BCUT2D eigenvalue weighted by Crippen LogP contribution is 2.31. The van der Waals surface area contributed by atoms with Crippen molar-refractivity contribution in [1.82, 2.24) is 5.32 Å². The van der Waals surface area contributed by atoms with E-state index in [4.69, 9.17) is 26.8 Å². The molecule has 38 heavy (non-hydrogen) atoms. The molecule has 3 aromatic carbocycles. The zero-order valence-electron chi connectivity index (χ0n) is 22.6. The third-order valence-corrected chi connectivity index (χ3v) is 6.59. The Morgan fingerprint density at radius 1 is 0.816 bits per heavy atom. The van der Waals surface area contributed by atoms with Gasteiger partial charge in [-0.15, -0.1) is 0 Å². The smallest absolute Gasteiger partial charge is 0.259 e. The van der Waals surface area contributed by atoms with Crippen LogP contribution in [0.25, 0.3) is 10.8 Å². The molecule has 0 saturated carbocycles. The number of benzene rings is 3. The molecule has 0 saturated heterocycles. The van der Waals surface area contributed by atoms with Gasteiger partial charge >= 0.3 is 0 Å². The van der Waals surface area contributed by atoms with Crippen molar-refractivity contribution in [2.45, 2.75) is 58.3 Å². The van der Waals surface area contributed by atoms with Crippen LogP contribution in [0.5, 0.6) is 11.5 Å². The zero-order chi connectivity index (χ0) is 27.0. The van der Waals surface area contributed by atoms with Crippen LogP contribution in [0, 0.1) is 0 Å². The lowest BCUT2D eigenvalue weighted by Gasteiger charge is -2.16. The quantitative estimate of drug-likeness (QED) is 0.149. The highest BCUT2D eigenvalue weighted by atomic mass is 35.5. The molecule has 3 aromatic rings. The summed E-state index contributed by atoms with van der Waals surface area (Å²) in [5.74, 6) is 0.891. The van der Waals surface area contributed by atoms with E-state index in [1.165, 1.54) is 25.7 Å². The van der Waals surface area contributed by atoms with E-state index in [0.29, 0.717) is 47.5 Å². The molecule has 206 valence electrons. The van der Waals surface area contributed by atoms with E-state index in [2.05, 4.69) is 17.6 Å². The first-order valence-corrected chi connectivity index (χ1v) is 14.3. The number of rotatable bonds is 18. The first kappa shape index (κ1) is 29.8. The molecule has 1 amide bonds. The van der Waals surface area contributed by atoms with Gasteiger partial charge in [-0.3, -0.25) is 4.79 Å². The van der Waals surface area contributed by atoms with E-state index in [1.807, 2.05) is 36.4 Å². The molecule has 0 aliphatic rings. The Bertz CT molecular complexity index is 1140. The van der Waals surface area contributed by atoms with Gasteiger partial charge < -0.3 is 25.8 Å². The molecule has 0 spiro atoms. The van der Waals surface area contributed by atoms with Crippen LogP contribution in [-0.2, 0) is 0 Å². The molecule has 0 aromatic heterocycles. The number of unbranched alkanes of at least 4 members (excludes halogenated alkanes) is 5. The van der Waals surface area contributed by atoms with E-state index in [1.54, 1.807) is 18.2 Å². The minimum absolute atomic E-state index is 0.246. The monoisotopic (exact) mass is 539 g/mol. The molecular weight excluding hydrogens is 498 g/mol. The lowest BCUT2D eigenvalue weighted by Crippen LogP contribution is -2.21. The Morgan fingerprint density at radius 2 is 1.50 bits per heavy atom. The summed E-state index contributed by atoms with van der Waals surface area (Å²) in [6.07, 6.45) is 8.85. The summed E-state index contributed by atoms with van der Waals surface area (Å²) in [4.78, 5) is 13.5. The van der Waals surface area contributed by atoms with Crippen LogP contribution < -0.4 is 25.8 Å². The second kappa shape index (κ2) is 16.9. The number of hydrogen-bond donors (Lipinski definition) is 3. The summed E-state index contributed by atoms with van der Waals surface area (Å²) in [7, 11) is 0. The van der Waals surface area contributed by atoms with Gasteiger partial charge in [-0.1, -0.05) is 74.9 Å². The van der Waals surface area contributed by atoms with Crippen molar-refractivity contribution in [3.05, 3.63) is 65.2 Å². The molecule has 7 heteroatoms. The summed E-state index contributed by atoms with van der Waals surface area (Å²) >= 11 is 6.23. The minimum atomic E-state index is -0.246. The average molecular weight is 540 g/mol. The van der Waals surface area contributed by atoms with Crippen LogP contribution in [0.3, 0.4) is 0 Å². The molecule has 0 bridgehead atoms. The summed E-state index contributed by atoms with van der Waals surface area (Å²) in [6.45, 7) is 5.71. The molecular formula is C31H42ClN3O3. The fourth-order valence-electron chi connectivity index (χ4n) is 4.22. The van der Waals surface area contributed by atoms with Gasteiger partial charge in [0.1, 0.15) is 11.5 Å². The van der Waals surface area contributed by atoms with Gasteiger partial charge in [-0.05, 0) is 73.9 Å². The molecule has 0 atom stereocenters. The van der Waals surface area contributed by atoms with Crippen LogP contribution in [0.4, 0.5) is 5.69 Å². The van der Waals surface area contributed by atoms with Gasteiger partial charge in [-0.2, -0.15) is 0 Å². The highest BCUT2D eigenvalue weighted by Gasteiger charge is 2.17. The summed E-state index contributed by atoms with van der Waals surface area (Å²) in [5, 5.41) is 8.93. The van der Waals surface area contributed by atoms with Crippen molar-refractivity contribution in [3.8, 4) is 11.5 Å². The van der Waals surface area contributed by atoms with Crippen molar-refractivity contribution in [3.63, 3.8) is 0 Å². The zero-order valence-corrected chi connectivity index (χ0v) is 23.3. The predicted octanol–water partition coefficient (Wildman–Crippen LogP) is 7.19. The van der Waals surface area contributed by atoms with Gasteiger partial charge in [-0.25, -0.2) is 0 Å². The first-order valence-electron chi connectivity index (χ1n) is 13.9. The van der Waals surface area contributed by atoms with Crippen LogP contribution in [0.2, 0.25) is 5.02 Å². The van der Waals surface area contributed by atoms with E-state index < -0.39 is 0 Å². The third-order valence-electron chi connectivity index (χ3n) is 6.35. The number of fused-ring (bicyclic) bond motifs is 1. The average Bonchev–Trinajstić information content (AvgIpc) is 2.93. The van der Waals surface area contributed by atoms with Gasteiger partial charge in [0.25, 0.3) is 5.91 Å². The van der Waals surface area contributed by atoms with E-state index >= 15 is 0 Å². The Labute approximate surface area is 232 Å². The molecule has 0 aliphatic carbocycles. The molecule has 0 fully saturated rings. The lowest BCUT2D eigenvalue weighted by molar-refractivity contribution is 0.102. The summed E-state index contributed by atoms with van der Waals surface area (Å²) < 4.78 is 12.1. The Kier molecular flexibility index (Phi) is 13.2. The molecule has 0 radical (unpaired) electrons. The van der Waals surface area contributed by atoms with Crippen LogP contribution in [0.15, 0.2) is 54.6 Å². The van der Waals surface area contributed by atoms with Crippen molar-refractivity contribution < 1.29 is 14.3 Å². The first-order chi connectivity index (χ1) is 18.6. The maximum atomic E-state index is 13.5. The molecule has 6 nitrogen and oxygen atoms in total. The fourth-order valence-corrected chi connectivity index (χ4v) is 4.38. The number of amides is 1. The number of halogens is 1. The highest BCUT2D eigenvalue weighted by molar-refractivity contribution is 6.30. The molecule has 0 unspecified atom stereocenters. The van der Waals surface area contributed by atoms with Gasteiger partial charge in [0.05, 0.1) is 24.5 Å². The molecule has 0 aliphatic heterocycles. The van der Waals surface area contributed by atoms with Crippen LogP contribution >= 0.6 is 11.6 Å². The Morgan fingerprint density at radius 3 is 2.29 bits per heavy atom. The second-order valence-electron chi connectivity index (χ2n) is 9.50. The van der Waals surface area contributed by atoms with E-state index in [0.717, 1.165) is 49.5 Å². The second-order valence-corrected chi connectivity index (χ2v) is 9.94. The van der Waals surface area contributed by atoms with Crippen molar-refractivity contribution in [2.75, 3.05) is 38.2 Å². The fraction of sp³-hybridized carbons (Fsp3) is 0.452. The maximum absolute atomic E-state index is 13.5.